The molecule has 0 amide bonds. The lowest BCUT2D eigenvalue weighted by molar-refractivity contribution is 0.447. The number of aromatic nitrogens is 3. The summed E-state index contributed by atoms with van der Waals surface area (Å²) >= 11 is 3.31. The van der Waals surface area contributed by atoms with Gasteiger partial charge in [-0.3, -0.25) is 4.79 Å². The molecule has 2 aromatic rings. The van der Waals surface area contributed by atoms with Gasteiger partial charge in [0.2, 0.25) is 0 Å². The first-order chi connectivity index (χ1) is 7.24. The fourth-order valence-electron chi connectivity index (χ4n) is 1.41. The molecule has 0 aliphatic rings. The molecule has 0 fully saturated rings. The Kier molecular flexibility index (Phi) is 2.86. The van der Waals surface area contributed by atoms with Crippen LogP contribution in [-0.4, -0.2) is 20.3 Å². The fourth-order valence-corrected chi connectivity index (χ4v) is 1.66. The third-order valence-electron chi connectivity index (χ3n) is 2.16. The lowest BCUT2D eigenvalue weighted by atomic mass is 10.3. The lowest BCUT2D eigenvalue weighted by Gasteiger charge is -2.01. The molecular weight excluding hydrogens is 262 g/mol. The van der Waals surface area contributed by atoms with Gasteiger partial charge in [0.1, 0.15) is 5.39 Å². The van der Waals surface area contributed by atoms with E-state index in [2.05, 4.69) is 26.2 Å². The van der Waals surface area contributed by atoms with Gasteiger partial charge in [0.25, 0.3) is 5.56 Å². The Hall–Kier alpha value is -1.17. The molecule has 0 aliphatic carbocycles. The van der Waals surface area contributed by atoms with E-state index in [4.69, 9.17) is 4.52 Å². The summed E-state index contributed by atoms with van der Waals surface area (Å²) in [6, 6.07) is 0. The molecule has 2 heterocycles. The summed E-state index contributed by atoms with van der Waals surface area (Å²) in [5, 5.41) is 9.12. The predicted molar refractivity (Wildman–Crippen MR) is 59.2 cm³/mol. The highest BCUT2D eigenvalue weighted by Crippen LogP contribution is 2.11. The van der Waals surface area contributed by atoms with E-state index in [1.54, 1.807) is 6.92 Å². The molecule has 0 saturated carbocycles. The van der Waals surface area contributed by atoms with E-state index in [0.29, 0.717) is 23.2 Å². The van der Waals surface area contributed by atoms with Crippen LogP contribution in [0.3, 0.4) is 0 Å². The van der Waals surface area contributed by atoms with Crippen LogP contribution in [0.1, 0.15) is 12.1 Å². The number of rotatable bonds is 3. The summed E-state index contributed by atoms with van der Waals surface area (Å²) in [6.45, 7) is 2.35. The Labute approximate surface area is 94.2 Å². The Morgan fingerprint density at radius 2 is 2.40 bits per heavy atom. The maximum Gasteiger partial charge on any atom is 0.279 e. The summed E-state index contributed by atoms with van der Waals surface area (Å²) in [5.74, 6) is 0. The van der Waals surface area contributed by atoms with Crippen LogP contribution in [0.25, 0.3) is 11.0 Å². The number of hydrogen-bond donors (Lipinski definition) is 0. The van der Waals surface area contributed by atoms with Gasteiger partial charge < -0.3 is 4.52 Å². The molecule has 0 bridgehead atoms. The van der Waals surface area contributed by atoms with E-state index in [9.17, 15) is 4.79 Å². The highest BCUT2D eigenvalue weighted by molar-refractivity contribution is 9.09. The van der Waals surface area contributed by atoms with Crippen molar-refractivity contribution in [2.24, 2.45) is 0 Å². The fraction of sp³-hybridized carbons (Fsp3) is 0.444. The van der Waals surface area contributed by atoms with Gasteiger partial charge in [-0.15, -0.1) is 0 Å². The Morgan fingerprint density at radius 3 is 3.13 bits per heavy atom. The van der Waals surface area contributed by atoms with Gasteiger partial charge in [-0.2, -0.15) is 5.10 Å². The van der Waals surface area contributed by atoms with E-state index in [-0.39, 0.29) is 5.56 Å². The van der Waals surface area contributed by atoms with Crippen LogP contribution in [-0.2, 0) is 6.54 Å². The second-order valence-corrected chi connectivity index (χ2v) is 4.02. The molecule has 2 rings (SSSR count). The summed E-state index contributed by atoms with van der Waals surface area (Å²) in [6.07, 6.45) is 2.40. The van der Waals surface area contributed by atoms with Crippen molar-refractivity contribution in [1.82, 2.24) is 14.9 Å². The summed E-state index contributed by atoms with van der Waals surface area (Å²) < 4.78 is 6.39. The molecule has 2 aromatic heterocycles. The topological polar surface area (TPSA) is 60.9 Å². The highest BCUT2D eigenvalue weighted by atomic mass is 79.9. The molecule has 0 aliphatic heterocycles. The highest BCUT2D eigenvalue weighted by Gasteiger charge is 2.10. The molecule has 0 radical (unpaired) electrons. The minimum Gasteiger partial charge on any atom is -0.354 e. The quantitative estimate of drug-likeness (QED) is 0.794. The van der Waals surface area contributed by atoms with E-state index >= 15 is 0 Å². The third-order valence-corrected chi connectivity index (χ3v) is 2.72. The van der Waals surface area contributed by atoms with Crippen LogP contribution in [0.4, 0.5) is 0 Å². The molecule has 0 atom stereocenters. The van der Waals surface area contributed by atoms with Crippen LogP contribution in [0.15, 0.2) is 15.5 Å². The number of halogens is 1. The molecule has 0 spiro atoms. The minimum atomic E-state index is -0.132. The first-order valence-corrected chi connectivity index (χ1v) is 5.74. The van der Waals surface area contributed by atoms with Crippen molar-refractivity contribution < 1.29 is 4.52 Å². The maximum atomic E-state index is 11.9. The number of nitrogens with zero attached hydrogens (tertiary/aromatic N) is 3. The number of aryl methyl sites for hydroxylation is 2. The summed E-state index contributed by atoms with van der Waals surface area (Å²) in [4.78, 5) is 11.9. The Balaban J connectivity index is 2.54. The van der Waals surface area contributed by atoms with E-state index in [0.717, 1.165) is 11.8 Å². The first-order valence-electron chi connectivity index (χ1n) is 4.62. The van der Waals surface area contributed by atoms with Gasteiger partial charge >= 0.3 is 0 Å². The molecule has 6 heteroatoms. The zero-order valence-corrected chi connectivity index (χ0v) is 9.82. The lowest BCUT2D eigenvalue weighted by Crippen LogP contribution is -2.22. The minimum absolute atomic E-state index is 0.132. The van der Waals surface area contributed by atoms with Crippen LogP contribution in [0.5, 0.6) is 0 Å². The predicted octanol–water partition coefficient (Wildman–Crippen LogP) is 1.48. The van der Waals surface area contributed by atoms with Gasteiger partial charge in [-0.1, -0.05) is 21.1 Å². The summed E-state index contributed by atoms with van der Waals surface area (Å²) in [5.41, 5.74) is 0.935. The second-order valence-electron chi connectivity index (χ2n) is 3.22. The molecule has 5 nitrogen and oxygen atoms in total. The molecule has 0 N–H and O–H groups in total. The van der Waals surface area contributed by atoms with Gasteiger partial charge in [-0.25, -0.2) is 4.68 Å². The SMILES string of the molecule is Cc1noc2cnn(CCCBr)c(=O)c12. The van der Waals surface area contributed by atoms with Crippen molar-refractivity contribution in [3.05, 3.63) is 22.2 Å². The normalized spacial score (nSPS) is 11.1. The largest absolute Gasteiger partial charge is 0.354 e. The molecule has 0 unspecified atom stereocenters. The van der Waals surface area contributed by atoms with Gasteiger partial charge in [0, 0.05) is 11.9 Å². The van der Waals surface area contributed by atoms with Gasteiger partial charge in [0.15, 0.2) is 5.58 Å². The Bertz CT molecular complexity index is 532. The average molecular weight is 272 g/mol. The smallest absolute Gasteiger partial charge is 0.279 e. The summed E-state index contributed by atoms with van der Waals surface area (Å²) in [7, 11) is 0. The second kappa shape index (κ2) is 4.14. The van der Waals surface area contributed by atoms with Crippen molar-refractivity contribution in [1.29, 1.82) is 0 Å². The number of hydrogen-bond acceptors (Lipinski definition) is 4. The van der Waals surface area contributed by atoms with Crippen molar-refractivity contribution in [2.75, 3.05) is 5.33 Å². The average Bonchev–Trinajstić information content (AvgIpc) is 2.60. The molecular formula is C9H10BrN3O2. The molecule has 0 saturated heterocycles. The Morgan fingerprint density at radius 1 is 1.60 bits per heavy atom. The standard InChI is InChI=1S/C9H10BrN3O2/c1-6-8-7(15-12-6)5-11-13(9(8)14)4-2-3-10/h5H,2-4H2,1H3. The van der Waals surface area contributed by atoms with Crippen molar-refractivity contribution in [3.63, 3.8) is 0 Å². The van der Waals surface area contributed by atoms with Crippen LogP contribution in [0.2, 0.25) is 0 Å². The van der Waals surface area contributed by atoms with Crippen LogP contribution >= 0.6 is 15.9 Å². The van der Waals surface area contributed by atoms with Crippen molar-refractivity contribution in [2.45, 2.75) is 19.9 Å². The van der Waals surface area contributed by atoms with E-state index in [1.807, 2.05) is 0 Å². The van der Waals surface area contributed by atoms with Crippen LogP contribution < -0.4 is 5.56 Å². The van der Waals surface area contributed by atoms with Crippen molar-refractivity contribution in [3.8, 4) is 0 Å². The zero-order valence-electron chi connectivity index (χ0n) is 8.23. The molecule has 15 heavy (non-hydrogen) atoms. The first kappa shape index (κ1) is 10.4. The zero-order chi connectivity index (χ0) is 10.8. The maximum absolute atomic E-state index is 11.9. The van der Waals surface area contributed by atoms with Crippen LogP contribution in [0, 0.1) is 6.92 Å². The van der Waals surface area contributed by atoms with Crippen molar-refractivity contribution >= 4 is 26.9 Å². The molecule has 0 aromatic carbocycles. The third kappa shape index (κ3) is 1.81. The monoisotopic (exact) mass is 271 g/mol. The van der Waals surface area contributed by atoms with E-state index < -0.39 is 0 Å². The van der Waals surface area contributed by atoms with Gasteiger partial charge in [-0.05, 0) is 13.3 Å². The van der Waals surface area contributed by atoms with E-state index in [1.165, 1.54) is 10.9 Å². The van der Waals surface area contributed by atoms with Gasteiger partial charge in [0.05, 0.1) is 11.9 Å². The molecule has 80 valence electrons. The number of alkyl halides is 1. The number of fused-ring (bicyclic) bond motifs is 1.